The lowest BCUT2D eigenvalue weighted by atomic mass is 10.5. The fourth-order valence-electron chi connectivity index (χ4n) is 0.535. The van der Waals surface area contributed by atoms with Crippen LogP contribution in [0.25, 0.3) is 0 Å². The van der Waals surface area contributed by atoms with E-state index < -0.39 is 0 Å². The molecule has 2 heteroatoms. The van der Waals surface area contributed by atoms with Gasteiger partial charge in [-0.2, -0.15) is 0 Å². The summed E-state index contributed by atoms with van der Waals surface area (Å²) in [6, 6.07) is 0. The van der Waals surface area contributed by atoms with Gasteiger partial charge in [-0.15, -0.1) is 6.42 Å². The Morgan fingerprint density at radius 3 is 2.90 bits per heavy atom. The van der Waals surface area contributed by atoms with E-state index in [9.17, 15) is 0 Å². The lowest BCUT2D eigenvalue weighted by Gasteiger charge is -2.09. The fraction of sp³-hybridized carbons (Fsp3) is 0.500. The normalized spacial score (nSPS) is 8.50. The molecular formula is C8H12N2. The summed E-state index contributed by atoms with van der Waals surface area (Å²) in [4.78, 5) is 5.84. The molecule has 0 aromatic heterocycles. The van der Waals surface area contributed by atoms with Gasteiger partial charge in [-0.1, -0.05) is 5.92 Å². The van der Waals surface area contributed by atoms with Crippen LogP contribution in [0.3, 0.4) is 0 Å². The van der Waals surface area contributed by atoms with Gasteiger partial charge in [0, 0.05) is 6.54 Å². The second-order valence-corrected chi connectivity index (χ2v) is 1.98. The van der Waals surface area contributed by atoms with Crippen molar-refractivity contribution in [2.45, 2.75) is 0 Å². The summed E-state index contributed by atoms with van der Waals surface area (Å²) in [5.41, 5.74) is 0. The van der Waals surface area contributed by atoms with Crippen molar-refractivity contribution in [3.63, 3.8) is 0 Å². The van der Waals surface area contributed by atoms with E-state index in [1.54, 1.807) is 0 Å². The molecule has 0 atom stereocenters. The maximum absolute atomic E-state index is 5.08. The van der Waals surface area contributed by atoms with Gasteiger partial charge in [0.2, 0.25) is 0 Å². The summed E-state index contributed by atoms with van der Waals surface area (Å²) in [5, 5.41) is 0. The Labute approximate surface area is 62.3 Å². The first-order chi connectivity index (χ1) is 4.81. The van der Waals surface area contributed by atoms with Crippen LogP contribution in [0.5, 0.6) is 0 Å². The average molecular weight is 136 g/mol. The Morgan fingerprint density at radius 2 is 2.40 bits per heavy atom. The second kappa shape index (κ2) is 6.10. The topological polar surface area (TPSA) is 15.6 Å². The molecule has 0 N–H and O–H groups in total. The Morgan fingerprint density at radius 1 is 1.70 bits per heavy atom. The molecule has 0 bridgehead atoms. The molecule has 0 aliphatic heterocycles. The molecule has 0 saturated heterocycles. The van der Waals surface area contributed by atoms with E-state index in [4.69, 9.17) is 6.42 Å². The van der Waals surface area contributed by atoms with E-state index in [0.717, 1.165) is 13.1 Å². The van der Waals surface area contributed by atoms with E-state index in [1.807, 2.05) is 11.9 Å². The first-order valence-corrected chi connectivity index (χ1v) is 3.12. The zero-order valence-corrected chi connectivity index (χ0v) is 6.30. The molecule has 0 spiro atoms. The number of rotatable bonds is 4. The van der Waals surface area contributed by atoms with E-state index >= 15 is 0 Å². The van der Waals surface area contributed by atoms with Crippen LogP contribution >= 0.6 is 0 Å². The minimum absolute atomic E-state index is 0.673. The molecule has 0 amide bonds. The Balaban J connectivity index is 3.31. The largest absolute Gasteiger partial charge is 0.294 e. The molecule has 0 heterocycles. The molecule has 0 aromatic carbocycles. The van der Waals surface area contributed by atoms with Crippen LogP contribution in [0.4, 0.5) is 0 Å². The van der Waals surface area contributed by atoms with Gasteiger partial charge in [-0.3, -0.25) is 4.90 Å². The maximum Gasteiger partial charge on any atom is 0.0611 e. The predicted octanol–water partition coefficient (Wildman–Crippen LogP) is 0.407. The average Bonchev–Trinajstić information content (AvgIpc) is 1.89. The van der Waals surface area contributed by atoms with Crippen molar-refractivity contribution in [3.8, 4) is 12.3 Å². The summed E-state index contributed by atoms with van der Waals surface area (Å²) in [7, 11) is 1.96. The van der Waals surface area contributed by atoms with Crippen LogP contribution in [-0.4, -0.2) is 37.5 Å². The highest BCUT2D eigenvalue weighted by molar-refractivity contribution is 5.46. The summed E-state index contributed by atoms with van der Waals surface area (Å²) < 4.78 is 0. The van der Waals surface area contributed by atoms with Crippen LogP contribution in [0.2, 0.25) is 0 Å². The summed E-state index contributed by atoms with van der Waals surface area (Å²) in [5.74, 6) is 5.00. The third kappa shape index (κ3) is 5.11. The molecule has 0 radical (unpaired) electrons. The summed E-state index contributed by atoms with van der Waals surface area (Å²) in [6.45, 7) is 5.62. The molecular weight excluding hydrogens is 124 g/mol. The van der Waals surface area contributed by atoms with Gasteiger partial charge in [0.1, 0.15) is 0 Å². The number of nitrogens with zero attached hydrogens (tertiary/aromatic N) is 2. The monoisotopic (exact) mass is 136 g/mol. The number of terminal acetylenes is 1. The van der Waals surface area contributed by atoms with Crippen LogP contribution in [0, 0.1) is 12.3 Å². The van der Waals surface area contributed by atoms with Crippen molar-refractivity contribution in [3.05, 3.63) is 6.58 Å². The van der Waals surface area contributed by atoms with Gasteiger partial charge >= 0.3 is 0 Å². The maximum atomic E-state index is 5.08. The van der Waals surface area contributed by atoms with E-state index in [1.165, 1.54) is 0 Å². The van der Waals surface area contributed by atoms with Gasteiger partial charge in [-0.05, 0) is 19.5 Å². The zero-order valence-electron chi connectivity index (χ0n) is 6.30. The second-order valence-electron chi connectivity index (χ2n) is 1.98. The van der Waals surface area contributed by atoms with Crippen molar-refractivity contribution in [2.75, 3.05) is 26.7 Å². The molecule has 0 aromatic rings. The van der Waals surface area contributed by atoms with Crippen LogP contribution in [0.15, 0.2) is 11.6 Å². The highest BCUT2D eigenvalue weighted by atomic mass is 15.1. The van der Waals surface area contributed by atoms with Crippen molar-refractivity contribution in [1.29, 1.82) is 0 Å². The molecule has 0 unspecified atom stereocenters. The predicted molar refractivity (Wildman–Crippen MR) is 44.3 cm³/mol. The summed E-state index contributed by atoms with van der Waals surface area (Å²) in [6.07, 6.45) is 5.08. The number of hydrogen-bond acceptors (Lipinski definition) is 2. The number of hydrogen-bond donors (Lipinski definition) is 0. The first-order valence-electron chi connectivity index (χ1n) is 3.12. The minimum atomic E-state index is 0.673. The van der Waals surface area contributed by atoms with Gasteiger partial charge in [0.05, 0.1) is 13.1 Å². The molecule has 10 heavy (non-hydrogen) atoms. The van der Waals surface area contributed by atoms with Crippen LogP contribution in [0.1, 0.15) is 0 Å². The molecule has 54 valence electrons. The highest BCUT2D eigenvalue weighted by Crippen LogP contribution is 1.79. The van der Waals surface area contributed by atoms with E-state index in [2.05, 4.69) is 23.4 Å². The van der Waals surface area contributed by atoms with Gasteiger partial charge < -0.3 is 0 Å². The quantitative estimate of drug-likeness (QED) is 0.403. The number of aliphatic imine (C=N–C) groups is 1. The minimum Gasteiger partial charge on any atom is -0.294 e. The van der Waals surface area contributed by atoms with Crippen LogP contribution in [-0.2, 0) is 0 Å². The fourth-order valence-corrected chi connectivity index (χ4v) is 0.535. The smallest absolute Gasteiger partial charge is 0.0611 e. The van der Waals surface area contributed by atoms with Crippen molar-refractivity contribution in [2.24, 2.45) is 4.99 Å². The molecule has 0 aliphatic rings. The Kier molecular flexibility index (Phi) is 5.47. The molecule has 0 aliphatic carbocycles. The van der Waals surface area contributed by atoms with Gasteiger partial charge in [0.25, 0.3) is 0 Å². The van der Waals surface area contributed by atoms with Crippen molar-refractivity contribution >= 4 is 5.87 Å². The third-order valence-corrected chi connectivity index (χ3v) is 1.07. The standard InChI is InChI=1S/C8H12N2/c1-4-7-10(3)8-6-9-5-2/h1H,2,6-8H2,3H3. The lowest BCUT2D eigenvalue weighted by Crippen LogP contribution is -2.21. The molecule has 0 rings (SSSR count). The highest BCUT2D eigenvalue weighted by Gasteiger charge is 1.91. The third-order valence-electron chi connectivity index (χ3n) is 1.07. The first kappa shape index (κ1) is 8.97. The van der Waals surface area contributed by atoms with Gasteiger partial charge in [0.15, 0.2) is 0 Å². The van der Waals surface area contributed by atoms with E-state index in [-0.39, 0.29) is 0 Å². The van der Waals surface area contributed by atoms with Crippen LogP contribution < -0.4 is 0 Å². The molecule has 0 fully saturated rings. The molecule has 2 nitrogen and oxygen atoms in total. The SMILES string of the molecule is C#CCN(C)CCN=C=C. The Bertz CT molecular complexity index is 161. The number of likely N-dealkylation sites (N-methyl/N-ethyl adjacent to an activating group) is 1. The molecule has 0 saturated carbocycles. The van der Waals surface area contributed by atoms with Crippen molar-refractivity contribution in [1.82, 2.24) is 4.90 Å². The zero-order chi connectivity index (χ0) is 7.82. The Hall–Kier alpha value is -1.03. The van der Waals surface area contributed by atoms with E-state index in [0.29, 0.717) is 6.54 Å². The lowest BCUT2D eigenvalue weighted by molar-refractivity contribution is 0.387. The van der Waals surface area contributed by atoms with Crippen molar-refractivity contribution < 1.29 is 0 Å². The van der Waals surface area contributed by atoms with Gasteiger partial charge in [-0.25, -0.2) is 4.99 Å². The summed E-state index contributed by atoms with van der Waals surface area (Å²) >= 11 is 0.